The molecule has 3 heteroatoms. The van der Waals surface area contributed by atoms with Crippen LogP contribution in [0.1, 0.15) is 122 Å². The van der Waals surface area contributed by atoms with Crippen LogP contribution in [0, 0.1) is 17.8 Å². The first kappa shape index (κ1) is 26.5. The van der Waals surface area contributed by atoms with E-state index in [2.05, 4.69) is 38.1 Å². The van der Waals surface area contributed by atoms with Crippen molar-refractivity contribution in [3.63, 3.8) is 0 Å². The number of rotatable bonds is 15. The molecule has 1 saturated heterocycles. The second kappa shape index (κ2) is 15.8. The summed E-state index contributed by atoms with van der Waals surface area (Å²) in [7, 11) is 0. The van der Waals surface area contributed by atoms with E-state index in [-0.39, 0.29) is 6.29 Å². The Bertz CT molecular complexity index is 597. The first-order valence-electron chi connectivity index (χ1n) is 14.2. The predicted octanol–water partition coefficient (Wildman–Crippen LogP) is 8.86. The largest absolute Gasteiger partial charge is 0.494 e. The van der Waals surface area contributed by atoms with Crippen molar-refractivity contribution in [3.05, 3.63) is 29.8 Å². The van der Waals surface area contributed by atoms with E-state index in [4.69, 9.17) is 14.2 Å². The summed E-state index contributed by atoms with van der Waals surface area (Å²) < 4.78 is 17.9. The molecule has 0 radical (unpaired) electrons. The van der Waals surface area contributed by atoms with Crippen molar-refractivity contribution < 1.29 is 14.2 Å². The smallest absolute Gasteiger partial charge is 0.183 e. The number of ether oxygens (including phenoxy) is 3. The van der Waals surface area contributed by atoms with Gasteiger partial charge in [-0.3, -0.25) is 0 Å². The van der Waals surface area contributed by atoms with E-state index < -0.39 is 0 Å². The summed E-state index contributed by atoms with van der Waals surface area (Å²) in [5, 5.41) is 0. The maximum Gasteiger partial charge on any atom is 0.183 e. The highest BCUT2D eigenvalue weighted by molar-refractivity contribution is 5.28. The second-order valence-corrected chi connectivity index (χ2v) is 10.7. The number of unbranched alkanes of at least 4 members (excludes halogenated alkanes) is 5. The standard InChI is InChI=1S/C30H50O3/c1-3-5-7-8-9-12-25-14-16-26(17-15-25)13-10-22-31-29-20-18-28(19-21-29)30-32-23-27(24-33-30)11-6-4-2/h18-21,25-27,30H,3-17,22-24H2,1-2H3. The Kier molecular flexibility index (Phi) is 12.7. The zero-order valence-corrected chi connectivity index (χ0v) is 21.6. The van der Waals surface area contributed by atoms with E-state index in [1.165, 1.54) is 96.3 Å². The van der Waals surface area contributed by atoms with E-state index in [1.807, 2.05) is 0 Å². The number of hydrogen-bond donors (Lipinski definition) is 0. The van der Waals surface area contributed by atoms with Crippen molar-refractivity contribution in [2.75, 3.05) is 19.8 Å². The summed E-state index contributed by atoms with van der Waals surface area (Å²) in [5.41, 5.74) is 1.10. The molecule has 0 spiro atoms. The molecule has 1 aromatic carbocycles. The highest BCUT2D eigenvalue weighted by Crippen LogP contribution is 2.34. The van der Waals surface area contributed by atoms with Crippen LogP contribution >= 0.6 is 0 Å². The average molecular weight is 459 g/mol. The first-order valence-corrected chi connectivity index (χ1v) is 14.2. The number of hydrogen-bond acceptors (Lipinski definition) is 3. The van der Waals surface area contributed by atoms with Crippen LogP contribution in [0.4, 0.5) is 0 Å². The molecule has 0 amide bonds. The van der Waals surface area contributed by atoms with Crippen LogP contribution in [0.3, 0.4) is 0 Å². The van der Waals surface area contributed by atoms with Gasteiger partial charge in [-0.05, 0) is 43.2 Å². The third-order valence-corrected chi connectivity index (χ3v) is 7.79. The van der Waals surface area contributed by atoms with Crippen molar-refractivity contribution in [2.24, 2.45) is 17.8 Å². The topological polar surface area (TPSA) is 27.7 Å². The third kappa shape index (κ3) is 9.99. The molecule has 33 heavy (non-hydrogen) atoms. The maximum absolute atomic E-state index is 6.03. The number of benzene rings is 1. The van der Waals surface area contributed by atoms with E-state index in [9.17, 15) is 0 Å². The Morgan fingerprint density at radius 3 is 1.88 bits per heavy atom. The molecule has 0 atom stereocenters. The molecule has 2 aliphatic rings. The molecular formula is C30H50O3. The van der Waals surface area contributed by atoms with Crippen LogP contribution in [0.15, 0.2) is 24.3 Å². The fourth-order valence-electron chi connectivity index (χ4n) is 5.52. The van der Waals surface area contributed by atoms with Gasteiger partial charge in [-0.2, -0.15) is 0 Å². The summed E-state index contributed by atoms with van der Waals surface area (Å²) in [4.78, 5) is 0. The summed E-state index contributed by atoms with van der Waals surface area (Å²) >= 11 is 0. The second-order valence-electron chi connectivity index (χ2n) is 10.7. The van der Waals surface area contributed by atoms with E-state index in [1.54, 1.807) is 0 Å². The van der Waals surface area contributed by atoms with Crippen LogP contribution in [0.5, 0.6) is 5.75 Å². The lowest BCUT2D eigenvalue weighted by atomic mass is 9.78. The Morgan fingerprint density at radius 2 is 1.24 bits per heavy atom. The minimum Gasteiger partial charge on any atom is -0.494 e. The molecular weight excluding hydrogens is 408 g/mol. The monoisotopic (exact) mass is 458 g/mol. The summed E-state index contributed by atoms with van der Waals surface area (Å²) in [6.45, 7) is 6.98. The van der Waals surface area contributed by atoms with Crippen LogP contribution < -0.4 is 4.74 Å². The van der Waals surface area contributed by atoms with Gasteiger partial charge in [-0.25, -0.2) is 0 Å². The first-order chi connectivity index (χ1) is 16.3. The molecule has 0 unspecified atom stereocenters. The van der Waals surface area contributed by atoms with E-state index in [0.717, 1.165) is 43.0 Å². The molecule has 1 aliphatic carbocycles. The van der Waals surface area contributed by atoms with Gasteiger partial charge >= 0.3 is 0 Å². The summed E-state index contributed by atoms with van der Waals surface area (Å²) in [6, 6.07) is 8.32. The van der Waals surface area contributed by atoms with Gasteiger partial charge in [0, 0.05) is 11.5 Å². The quantitative estimate of drug-likeness (QED) is 0.246. The molecule has 1 aliphatic heterocycles. The minimum atomic E-state index is -0.219. The molecule has 3 nitrogen and oxygen atoms in total. The Balaban J connectivity index is 1.23. The van der Waals surface area contributed by atoms with Crippen molar-refractivity contribution >= 4 is 0 Å². The lowest BCUT2D eigenvalue weighted by Gasteiger charge is -2.29. The lowest BCUT2D eigenvalue weighted by Crippen LogP contribution is -2.27. The SMILES string of the molecule is CCCCCCCC1CCC(CCCOc2ccc(C3OCC(CCCC)CO3)cc2)CC1. The zero-order valence-electron chi connectivity index (χ0n) is 21.6. The highest BCUT2D eigenvalue weighted by atomic mass is 16.7. The Morgan fingerprint density at radius 1 is 0.667 bits per heavy atom. The molecule has 0 bridgehead atoms. The molecule has 0 N–H and O–H groups in total. The van der Waals surface area contributed by atoms with Gasteiger partial charge < -0.3 is 14.2 Å². The summed E-state index contributed by atoms with van der Waals surface area (Å²) in [5.74, 6) is 3.45. The third-order valence-electron chi connectivity index (χ3n) is 7.79. The molecule has 1 aromatic rings. The lowest BCUT2D eigenvalue weighted by molar-refractivity contribution is -0.206. The molecule has 3 rings (SSSR count). The molecule has 0 aromatic heterocycles. The van der Waals surface area contributed by atoms with Gasteiger partial charge in [-0.15, -0.1) is 0 Å². The van der Waals surface area contributed by atoms with Crippen molar-refractivity contribution in [1.29, 1.82) is 0 Å². The Labute approximate surface area is 204 Å². The summed E-state index contributed by atoms with van der Waals surface area (Å²) in [6.07, 6.45) is 20.4. The van der Waals surface area contributed by atoms with Crippen LogP contribution in [-0.4, -0.2) is 19.8 Å². The van der Waals surface area contributed by atoms with Crippen molar-refractivity contribution in [3.8, 4) is 5.75 Å². The van der Waals surface area contributed by atoms with Gasteiger partial charge in [0.05, 0.1) is 19.8 Å². The normalized spacial score (nSPS) is 25.8. The Hall–Kier alpha value is -1.06. The van der Waals surface area contributed by atoms with Gasteiger partial charge in [-0.1, -0.05) is 103 Å². The maximum atomic E-state index is 6.03. The van der Waals surface area contributed by atoms with E-state index >= 15 is 0 Å². The molecule has 1 heterocycles. The van der Waals surface area contributed by atoms with Crippen LogP contribution in [0.25, 0.3) is 0 Å². The van der Waals surface area contributed by atoms with Crippen molar-refractivity contribution in [1.82, 2.24) is 0 Å². The minimum absolute atomic E-state index is 0.219. The van der Waals surface area contributed by atoms with Crippen molar-refractivity contribution in [2.45, 2.75) is 116 Å². The predicted molar refractivity (Wildman–Crippen MR) is 138 cm³/mol. The van der Waals surface area contributed by atoms with Gasteiger partial charge in [0.2, 0.25) is 0 Å². The van der Waals surface area contributed by atoms with Crippen LogP contribution in [0.2, 0.25) is 0 Å². The zero-order chi connectivity index (χ0) is 23.1. The molecule has 2 fully saturated rings. The van der Waals surface area contributed by atoms with Gasteiger partial charge in [0.1, 0.15) is 5.75 Å². The van der Waals surface area contributed by atoms with Crippen LogP contribution in [-0.2, 0) is 9.47 Å². The average Bonchev–Trinajstić information content (AvgIpc) is 2.87. The van der Waals surface area contributed by atoms with Gasteiger partial charge in [0.15, 0.2) is 6.29 Å². The van der Waals surface area contributed by atoms with Gasteiger partial charge in [0.25, 0.3) is 0 Å². The highest BCUT2D eigenvalue weighted by Gasteiger charge is 2.23. The fourth-order valence-corrected chi connectivity index (χ4v) is 5.52. The molecule has 1 saturated carbocycles. The molecule has 188 valence electrons. The van der Waals surface area contributed by atoms with E-state index in [0.29, 0.717) is 5.92 Å². The fraction of sp³-hybridized carbons (Fsp3) is 0.800.